The van der Waals surface area contributed by atoms with Gasteiger partial charge in [-0.25, -0.2) is 9.59 Å². The first kappa shape index (κ1) is 41.2. The quantitative estimate of drug-likeness (QED) is 0.0567. The molecule has 0 saturated carbocycles. The summed E-state index contributed by atoms with van der Waals surface area (Å²) in [7, 11) is 0. The van der Waals surface area contributed by atoms with Crippen LogP contribution < -0.4 is 16.0 Å². The lowest BCUT2D eigenvalue weighted by molar-refractivity contribution is -0.147. The molecule has 5 rings (SSSR count). The third kappa shape index (κ3) is 11.7. The molecule has 0 saturated heterocycles. The van der Waals surface area contributed by atoms with E-state index >= 15 is 0 Å². The zero-order chi connectivity index (χ0) is 39.7. The van der Waals surface area contributed by atoms with Gasteiger partial charge in [0.25, 0.3) is 0 Å². The summed E-state index contributed by atoms with van der Waals surface area (Å²) in [5.41, 5.74) is 6.22. The van der Waals surface area contributed by atoms with Gasteiger partial charge >= 0.3 is 12.1 Å². The maximum Gasteiger partial charge on any atom is 0.407 e. The summed E-state index contributed by atoms with van der Waals surface area (Å²) in [6.45, 7) is 7.18. The third-order valence-corrected chi connectivity index (χ3v) is 9.84. The fourth-order valence-electron chi connectivity index (χ4n) is 7.02. The van der Waals surface area contributed by atoms with Crippen LogP contribution in [0.3, 0.4) is 0 Å². The van der Waals surface area contributed by atoms with Crippen molar-refractivity contribution in [3.8, 4) is 11.1 Å². The van der Waals surface area contributed by atoms with Gasteiger partial charge < -0.3 is 30.5 Å². The van der Waals surface area contributed by atoms with Crippen LogP contribution in [0.5, 0.6) is 0 Å². The SMILES string of the molecule is C=CCC[C@H](NC(=O)OCC1c2ccccc2-c2ccccc21)C(=O)OC[C@H](Cc1ccccc1)NC(=O)[C@H](CC=C)CC(=O)N[C@H](CO)Cc1ccccc1. The normalized spacial score (nSPS) is 13.8. The Labute approximate surface area is 329 Å². The average Bonchev–Trinajstić information content (AvgIpc) is 3.54. The molecule has 4 aromatic carbocycles. The van der Waals surface area contributed by atoms with Gasteiger partial charge in [-0.15, -0.1) is 13.2 Å². The molecule has 0 radical (unpaired) electrons. The molecule has 10 nitrogen and oxygen atoms in total. The lowest BCUT2D eigenvalue weighted by atomic mass is 9.98. The van der Waals surface area contributed by atoms with E-state index in [0.29, 0.717) is 19.3 Å². The number of benzene rings is 4. The van der Waals surface area contributed by atoms with Crippen molar-refractivity contribution < 1.29 is 33.8 Å². The number of carbonyl (C=O) groups is 4. The van der Waals surface area contributed by atoms with Crippen LogP contribution in [0.1, 0.15) is 53.9 Å². The Kier molecular flexibility index (Phi) is 15.6. The summed E-state index contributed by atoms with van der Waals surface area (Å²) in [5, 5.41) is 18.4. The first-order chi connectivity index (χ1) is 27.3. The minimum Gasteiger partial charge on any atom is -0.462 e. The van der Waals surface area contributed by atoms with Crippen LogP contribution in [-0.2, 0) is 36.7 Å². The molecule has 4 N–H and O–H groups in total. The Hall–Kier alpha value is -6.00. The van der Waals surface area contributed by atoms with Gasteiger partial charge in [0, 0.05) is 12.3 Å². The number of allylic oxidation sites excluding steroid dienone is 2. The van der Waals surface area contributed by atoms with Crippen molar-refractivity contribution in [1.82, 2.24) is 16.0 Å². The molecule has 1 aliphatic rings. The number of carbonyl (C=O) groups excluding carboxylic acids is 4. The number of rotatable bonds is 21. The van der Waals surface area contributed by atoms with E-state index in [1.807, 2.05) is 97.1 Å². The van der Waals surface area contributed by atoms with Crippen molar-refractivity contribution in [2.24, 2.45) is 5.92 Å². The fraction of sp³-hybridized carbons (Fsp3) is 0.304. The molecule has 292 valence electrons. The highest BCUT2D eigenvalue weighted by atomic mass is 16.6. The van der Waals surface area contributed by atoms with E-state index in [-0.39, 0.29) is 50.9 Å². The molecule has 1 aliphatic carbocycles. The van der Waals surface area contributed by atoms with Crippen molar-refractivity contribution in [2.45, 2.75) is 62.6 Å². The molecule has 10 heteroatoms. The van der Waals surface area contributed by atoms with E-state index in [1.54, 1.807) is 12.2 Å². The average molecular weight is 758 g/mol. The number of amides is 3. The molecule has 4 atom stereocenters. The molecule has 0 unspecified atom stereocenters. The van der Waals surface area contributed by atoms with Crippen LogP contribution in [0.15, 0.2) is 135 Å². The van der Waals surface area contributed by atoms with Crippen molar-refractivity contribution in [3.63, 3.8) is 0 Å². The van der Waals surface area contributed by atoms with Crippen LogP contribution >= 0.6 is 0 Å². The zero-order valence-electron chi connectivity index (χ0n) is 31.6. The Morgan fingerprint density at radius 3 is 1.84 bits per heavy atom. The predicted molar refractivity (Wildman–Crippen MR) is 217 cm³/mol. The summed E-state index contributed by atoms with van der Waals surface area (Å²) in [5.74, 6) is -2.36. The van der Waals surface area contributed by atoms with Crippen LogP contribution in [0.2, 0.25) is 0 Å². The second-order valence-electron chi connectivity index (χ2n) is 14.0. The van der Waals surface area contributed by atoms with E-state index in [9.17, 15) is 24.3 Å². The summed E-state index contributed by atoms with van der Waals surface area (Å²) < 4.78 is 11.5. The number of ether oxygens (including phenoxy) is 2. The van der Waals surface area contributed by atoms with E-state index in [0.717, 1.165) is 33.4 Å². The molecule has 0 aliphatic heterocycles. The van der Waals surface area contributed by atoms with Gasteiger partial charge in [0.2, 0.25) is 11.8 Å². The van der Waals surface area contributed by atoms with Crippen LogP contribution in [-0.4, -0.2) is 66.9 Å². The second kappa shape index (κ2) is 21.2. The van der Waals surface area contributed by atoms with Crippen LogP contribution in [0, 0.1) is 5.92 Å². The standard InChI is InChI=1S/C46H51N3O7/c1-3-5-25-42(49-46(54)56-31-41-39-23-14-12-21-37(39)38-22-13-15-24-40(38)41)45(53)55-30-36(27-33-19-10-7-11-20-33)48-44(52)34(16-4-2)28-43(51)47-35(29-50)26-32-17-8-6-9-18-32/h3-4,6-15,17-24,34-36,41-42,50H,1-2,5,16,25-31H2,(H,47,51)(H,48,52)(H,49,54)/t34-,35+,36+,42+/m1/s1. The zero-order valence-corrected chi connectivity index (χ0v) is 31.6. The monoisotopic (exact) mass is 757 g/mol. The second-order valence-corrected chi connectivity index (χ2v) is 14.0. The van der Waals surface area contributed by atoms with Gasteiger partial charge in [-0.2, -0.15) is 0 Å². The Morgan fingerprint density at radius 2 is 1.27 bits per heavy atom. The van der Waals surface area contributed by atoms with Gasteiger partial charge in [0.15, 0.2) is 0 Å². The number of nitrogens with one attached hydrogen (secondary N) is 3. The first-order valence-corrected chi connectivity index (χ1v) is 19.1. The highest BCUT2D eigenvalue weighted by molar-refractivity contribution is 5.86. The number of fused-ring (bicyclic) bond motifs is 3. The fourth-order valence-corrected chi connectivity index (χ4v) is 7.02. The summed E-state index contributed by atoms with van der Waals surface area (Å²) in [4.78, 5) is 53.5. The van der Waals surface area contributed by atoms with Gasteiger partial charge in [0.1, 0.15) is 19.3 Å². The van der Waals surface area contributed by atoms with E-state index < -0.39 is 42.0 Å². The molecule has 0 spiro atoms. The minimum atomic E-state index is -1.02. The Balaban J connectivity index is 1.20. The molecular formula is C46H51N3O7. The molecule has 4 aromatic rings. The number of aliphatic hydroxyl groups excluding tert-OH is 1. The lowest BCUT2D eigenvalue weighted by Gasteiger charge is -2.24. The van der Waals surface area contributed by atoms with E-state index in [2.05, 4.69) is 41.2 Å². The minimum absolute atomic E-state index is 0.0891. The number of hydrogen-bond donors (Lipinski definition) is 4. The molecule has 0 heterocycles. The van der Waals surface area contributed by atoms with Gasteiger partial charge in [-0.3, -0.25) is 9.59 Å². The largest absolute Gasteiger partial charge is 0.462 e. The van der Waals surface area contributed by atoms with E-state index in [4.69, 9.17) is 9.47 Å². The summed E-state index contributed by atoms with van der Waals surface area (Å²) in [6, 6.07) is 32.8. The van der Waals surface area contributed by atoms with Crippen LogP contribution in [0.4, 0.5) is 4.79 Å². The number of esters is 1. The first-order valence-electron chi connectivity index (χ1n) is 19.1. The third-order valence-electron chi connectivity index (χ3n) is 9.84. The number of alkyl carbamates (subject to hydrolysis) is 1. The van der Waals surface area contributed by atoms with Crippen molar-refractivity contribution in [1.29, 1.82) is 0 Å². The van der Waals surface area contributed by atoms with Crippen molar-refractivity contribution in [3.05, 3.63) is 157 Å². The van der Waals surface area contributed by atoms with Gasteiger partial charge in [-0.1, -0.05) is 121 Å². The maximum atomic E-state index is 13.7. The number of aliphatic hydroxyl groups is 1. The number of hydrogen-bond acceptors (Lipinski definition) is 7. The Bertz CT molecular complexity index is 1890. The van der Waals surface area contributed by atoms with E-state index in [1.165, 1.54) is 0 Å². The van der Waals surface area contributed by atoms with Gasteiger partial charge in [-0.05, 0) is 65.5 Å². The molecule has 0 aromatic heterocycles. The van der Waals surface area contributed by atoms with Crippen LogP contribution in [0.25, 0.3) is 11.1 Å². The molecule has 0 fully saturated rings. The van der Waals surface area contributed by atoms with Gasteiger partial charge in [0.05, 0.1) is 24.6 Å². The highest BCUT2D eigenvalue weighted by Crippen LogP contribution is 2.44. The predicted octanol–water partition coefficient (Wildman–Crippen LogP) is 6.43. The smallest absolute Gasteiger partial charge is 0.407 e. The van der Waals surface area contributed by atoms with Crippen molar-refractivity contribution in [2.75, 3.05) is 19.8 Å². The summed E-state index contributed by atoms with van der Waals surface area (Å²) in [6.07, 6.45) is 4.03. The summed E-state index contributed by atoms with van der Waals surface area (Å²) >= 11 is 0. The maximum absolute atomic E-state index is 13.7. The van der Waals surface area contributed by atoms with Crippen molar-refractivity contribution >= 4 is 23.9 Å². The molecule has 56 heavy (non-hydrogen) atoms. The highest BCUT2D eigenvalue weighted by Gasteiger charge is 2.31. The topological polar surface area (TPSA) is 143 Å². The molecular weight excluding hydrogens is 707 g/mol. The molecule has 3 amide bonds. The lowest BCUT2D eigenvalue weighted by Crippen LogP contribution is -2.47. The Morgan fingerprint density at radius 1 is 0.696 bits per heavy atom. The molecule has 0 bridgehead atoms.